The monoisotopic (exact) mass is 372 g/mol. The Hall–Kier alpha value is -0.0100. The molecule has 0 aliphatic rings. The lowest BCUT2D eigenvalue weighted by Gasteiger charge is -2.03. The van der Waals surface area contributed by atoms with Crippen LogP contribution in [0.4, 0.5) is 0 Å². The minimum Gasteiger partial charge on any atom is -0.0928 e. The predicted molar refractivity (Wildman–Crippen MR) is 99.7 cm³/mol. The zero-order chi connectivity index (χ0) is 15.2. The van der Waals surface area contributed by atoms with Crippen LogP contribution in [0.2, 0.25) is 5.02 Å². The molecule has 120 valence electrons. The van der Waals surface area contributed by atoms with E-state index < -0.39 is 0 Å². The van der Waals surface area contributed by atoms with Crippen molar-refractivity contribution in [2.45, 2.75) is 77.0 Å². The van der Waals surface area contributed by atoms with E-state index in [4.69, 9.17) is 11.6 Å². The molecule has 0 nitrogen and oxygen atoms in total. The summed E-state index contributed by atoms with van der Waals surface area (Å²) in [5, 5.41) is 2.01. The van der Waals surface area contributed by atoms with Crippen molar-refractivity contribution in [3.63, 3.8) is 0 Å². The smallest absolute Gasteiger partial charge is 0.0406 e. The fourth-order valence-corrected chi connectivity index (χ4v) is 3.19. The van der Waals surface area contributed by atoms with E-state index >= 15 is 0 Å². The second-order valence-corrected chi connectivity index (χ2v) is 7.18. The first kappa shape index (κ1) is 19.0. The van der Waals surface area contributed by atoms with Crippen LogP contribution in [0.1, 0.15) is 76.2 Å². The Morgan fingerprint density at radius 2 is 1.05 bits per heavy atom. The molecule has 0 amide bonds. The van der Waals surface area contributed by atoms with E-state index in [0.717, 1.165) is 5.02 Å². The van der Waals surface area contributed by atoms with E-state index in [-0.39, 0.29) is 0 Å². The number of aryl methyl sites for hydroxylation is 1. The van der Waals surface area contributed by atoms with Crippen LogP contribution >= 0.6 is 27.5 Å². The van der Waals surface area contributed by atoms with Gasteiger partial charge >= 0.3 is 0 Å². The summed E-state index contributed by atoms with van der Waals surface area (Å²) in [5.41, 5.74) is 1.42. The molecular weight excluding hydrogens is 344 g/mol. The summed E-state index contributed by atoms with van der Waals surface area (Å²) in [4.78, 5) is 0. The molecule has 1 aromatic carbocycles. The van der Waals surface area contributed by atoms with Gasteiger partial charge < -0.3 is 0 Å². The molecule has 0 aliphatic carbocycles. The van der Waals surface area contributed by atoms with Gasteiger partial charge in [-0.05, 0) is 37.0 Å². The summed E-state index contributed by atoms with van der Waals surface area (Å²) in [5.74, 6) is 0. The van der Waals surface area contributed by atoms with Crippen LogP contribution < -0.4 is 0 Å². The van der Waals surface area contributed by atoms with Gasteiger partial charge in [0.15, 0.2) is 0 Å². The van der Waals surface area contributed by atoms with Crippen LogP contribution in [-0.2, 0) is 6.42 Å². The zero-order valence-electron chi connectivity index (χ0n) is 13.3. The maximum Gasteiger partial charge on any atom is 0.0406 e. The van der Waals surface area contributed by atoms with E-state index in [1.165, 1.54) is 87.9 Å². The van der Waals surface area contributed by atoms with Gasteiger partial charge in [0.2, 0.25) is 0 Å². The van der Waals surface area contributed by atoms with Crippen LogP contribution in [0.5, 0.6) is 0 Å². The lowest BCUT2D eigenvalue weighted by molar-refractivity contribution is 0.550. The Labute approximate surface area is 144 Å². The van der Waals surface area contributed by atoms with Crippen molar-refractivity contribution in [3.8, 4) is 0 Å². The quantitative estimate of drug-likeness (QED) is 0.247. The molecule has 0 N–H and O–H groups in total. The molecule has 1 rings (SSSR count). The van der Waals surface area contributed by atoms with Crippen molar-refractivity contribution in [1.29, 1.82) is 0 Å². The molecule has 0 spiro atoms. The second-order valence-electron chi connectivity index (χ2n) is 5.95. The molecule has 2 heteroatoms. The molecule has 0 aliphatic heterocycles. The predicted octanol–water partition coefficient (Wildman–Crippen LogP) is 7.57. The van der Waals surface area contributed by atoms with E-state index in [0.29, 0.717) is 0 Å². The van der Waals surface area contributed by atoms with Gasteiger partial charge in [-0.1, -0.05) is 97.5 Å². The molecule has 0 atom stereocenters. The van der Waals surface area contributed by atoms with Crippen molar-refractivity contribution in [2.75, 3.05) is 5.33 Å². The number of alkyl halides is 1. The average molecular weight is 374 g/mol. The third-order valence-corrected chi connectivity index (χ3v) is 4.83. The Morgan fingerprint density at radius 1 is 0.619 bits per heavy atom. The molecular formula is C19H30BrCl. The first-order valence-electron chi connectivity index (χ1n) is 8.63. The Bertz CT molecular complexity index is 334. The van der Waals surface area contributed by atoms with Gasteiger partial charge in [-0.3, -0.25) is 0 Å². The van der Waals surface area contributed by atoms with Crippen LogP contribution in [0.15, 0.2) is 24.3 Å². The van der Waals surface area contributed by atoms with E-state index in [2.05, 4.69) is 28.1 Å². The molecule has 0 fully saturated rings. The van der Waals surface area contributed by atoms with Crippen molar-refractivity contribution >= 4 is 27.5 Å². The Balaban J connectivity index is 1.81. The molecule has 0 heterocycles. The average Bonchev–Trinajstić information content (AvgIpc) is 2.50. The van der Waals surface area contributed by atoms with Gasteiger partial charge in [0, 0.05) is 10.4 Å². The lowest BCUT2D eigenvalue weighted by atomic mass is 10.0. The maximum atomic E-state index is 5.89. The van der Waals surface area contributed by atoms with E-state index in [1.54, 1.807) is 0 Å². The molecule has 1 aromatic rings. The summed E-state index contributed by atoms with van der Waals surface area (Å²) in [6, 6.07) is 8.29. The molecule has 0 bridgehead atoms. The van der Waals surface area contributed by atoms with E-state index in [9.17, 15) is 0 Å². The van der Waals surface area contributed by atoms with Crippen LogP contribution in [-0.4, -0.2) is 5.33 Å². The molecule has 0 saturated heterocycles. The van der Waals surface area contributed by atoms with Crippen molar-refractivity contribution in [2.24, 2.45) is 0 Å². The molecule has 21 heavy (non-hydrogen) atoms. The highest BCUT2D eigenvalue weighted by atomic mass is 79.9. The highest BCUT2D eigenvalue weighted by Crippen LogP contribution is 2.14. The van der Waals surface area contributed by atoms with Crippen LogP contribution in [0.3, 0.4) is 0 Å². The molecule has 0 radical (unpaired) electrons. The van der Waals surface area contributed by atoms with Crippen LogP contribution in [0, 0.1) is 0 Å². The lowest BCUT2D eigenvalue weighted by Crippen LogP contribution is -1.86. The van der Waals surface area contributed by atoms with Gasteiger partial charge in [-0.25, -0.2) is 0 Å². The number of hydrogen-bond donors (Lipinski definition) is 0. The second kappa shape index (κ2) is 13.6. The summed E-state index contributed by atoms with van der Waals surface area (Å²) < 4.78 is 0. The zero-order valence-corrected chi connectivity index (χ0v) is 15.6. The molecule has 0 saturated carbocycles. The number of halogens is 2. The third kappa shape index (κ3) is 11.2. The highest BCUT2D eigenvalue weighted by Gasteiger charge is 1.95. The molecule has 0 unspecified atom stereocenters. The standard InChI is InChI=1S/C19H30BrCl/c20-17-11-9-7-5-3-1-2-4-6-8-10-12-18-13-15-19(21)16-14-18/h13-16H,1-12,17H2. The van der Waals surface area contributed by atoms with Crippen molar-refractivity contribution in [3.05, 3.63) is 34.9 Å². The van der Waals surface area contributed by atoms with Gasteiger partial charge in [0.25, 0.3) is 0 Å². The topological polar surface area (TPSA) is 0 Å². The minimum atomic E-state index is 0.839. The largest absolute Gasteiger partial charge is 0.0928 e. The summed E-state index contributed by atoms with van der Waals surface area (Å²) in [6.07, 6.45) is 16.6. The SMILES string of the molecule is Clc1ccc(CCCCCCCCCCCCCBr)cc1. The minimum absolute atomic E-state index is 0.839. The van der Waals surface area contributed by atoms with Crippen molar-refractivity contribution in [1.82, 2.24) is 0 Å². The number of benzene rings is 1. The first-order valence-corrected chi connectivity index (χ1v) is 10.1. The van der Waals surface area contributed by atoms with Gasteiger partial charge in [0.05, 0.1) is 0 Å². The third-order valence-electron chi connectivity index (χ3n) is 4.01. The van der Waals surface area contributed by atoms with Crippen molar-refractivity contribution < 1.29 is 0 Å². The van der Waals surface area contributed by atoms with E-state index in [1.807, 2.05) is 12.1 Å². The number of hydrogen-bond acceptors (Lipinski definition) is 0. The highest BCUT2D eigenvalue weighted by molar-refractivity contribution is 9.09. The number of rotatable bonds is 13. The summed E-state index contributed by atoms with van der Waals surface area (Å²) in [7, 11) is 0. The van der Waals surface area contributed by atoms with Gasteiger partial charge in [0.1, 0.15) is 0 Å². The van der Waals surface area contributed by atoms with Gasteiger partial charge in [-0.15, -0.1) is 0 Å². The summed E-state index contributed by atoms with van der Waals surface area (Å²) in [6.45, 7) is 0. The normalized spacial score (nSPS) is 11.0. The van der Waals surface area contributed by atoms with Gasteiger partial charge in [-0.2, -0.15) is 0 Å². The van der Waals surface area contributed by atoms with Crippen LogP contribution in [0.25, 0.3) is 0 Å². The summed E-state index contributed by atoms with van der Waals surface area (Å²) >= 11 is 9.37. The maximum absolute atomic E-state index is 5.89. The molecule has 0 aromatic heterocycles. The fourth-order valence-electron chi connectivity index (χ4n) is 2.67. The Kier molecular flexibility index (Phi) is 12.4. The fraction of sp³-hybridized carbons (Fsp3) is 0.684. The first-order chi connectivity index (χ1) is 10.3. The number of unbranched alkanes of at least 4 members (excludes halogenated alkanes) is 10. The Morgan fingerprint density at radius 3 is 1.52 bits per heavy atom.